The summed E-state index contributed by atoms with van der Waals surface area (Å²) in [5.41, 5.74) is 6.44. The van der Waals surface area contributed by atoms with Crippen molar-refractivity contribution in [2.75, 3.05) is 5.75 Å². The maximum atomic E-state index is 10.3. The Bertz CT molecular complexity index is 1180. The number of pyridine rings is 1. The van der Waals surface area contributed by atoms with E-state index in [0.717, 1.165) is 46.1 Å². The summed E-state index contributed by atoms with van der Waals surface area (Å²) in [5, 5.41) is 11.2. The molecule has 0 N–H and O–H groups in total. The predicted octanol–water partition coefficient (Wildman–Crippen LogP) is 8.34. The van der Waals surface area contributed by atoms with Crippen molar-refractivity contribution < 1.29 is 0 Å². The summed E-state index contributed by atoms with van der Waals surface area (Å²) in [6.07, 6.45) is 14.2. The zero-order valence-electron chi connectivity index (χ0n) is 21.4. The Morgan fingerprint density at radius 2 is 1.91 bits per heavy atom. The average molecular weight is 483 g/mol. The Labute approximate surface area is 215 Å². The Balaban J connectivity index is 1.48. The Kier molecular flexibility index (Phi) is 5.88. The molecule has 3 heteroatoms. The number of thioether (sulfide) groups is 1. The summed E-state index contributed by atoms with van der Waals surface area (Å²) >= 11 is 1.67. The van der Waals surface area contributed by atoms with Gasteiger partial charge in [-0.25, -0.2) is 4.98 Å². The molecule has 182 valence electrons. The number of nitrogens with zero attached hydrogens (tertiary/aromatic N) is 2. The lowest BCUT2D eigenvalue weighted by Crippen LogP contribution is -2.53. The second kappa shape index (κ2) is 8.81. The Morgan fingerprint density at radius 1 is 1.09 bits per heavy atom. The van der Waals surface area contributed by atoms with Gasteiger partial charge in [-0.15, -0.1) is 18.3 Å². The number of benzene rings is 1. The molecule has 6 atom stereocenters. The third kappa shape index (κ3) is 3.46. The van der Waals surface area contributed by atoms with Gasteiger partial charge in [0.05, 0.1) is 11.3 Å². The SMILES string of the molecule is C=CCSc1nc2c(c(-c3ccccc3)c1C#N)C[C@H]1[C@H]3CC[C@H]4CCCC[C@]4(C)[C@@H]3CC[C@]21C. The molecule has 0 unspecified atom stereocenters. The summed E-state index contributed by atoms with van der Waals surface area (Å²) in [4.78, 5) is 5.33. The smallest absolute Gasteiger partial charge is 0.115 e. The van der Waals surface area contributed by atoms with Crippen molar-refractivity contribution in [3.63, 3.8) is 0 Å². The molecule has 0 bridgehead atoms. The van der Waals surface area contributed by atoms with Gasteiger partial charge in [-0.05, 0) is 85.2 Å². The van der Waals surface area contributed by atoms with E-state index >= 15 is 0 Å². The molecule has 0 saturated heterocycles. The normalized spacial score (nSPS) is 35.2. The number of nitriles is 1. The van der Waals surface area contributed by atoms with E-state index in [1.807, 2.05) is 6.08 Å². The number of hydrogen-bond donors (Lipinski definition) is 0. The zero-order valence-corrected chi connectivity index (χ0v) is 22.2. The van der Waals surface area contributed by atoms with Crippen LogP contribution in [-0.2, 0) is 11.8 Å². The van der Waals surface area contributed by atoms with Gasteiger partial charge in [0.2, 0.25) is 0 Å². The van der Waals surface area contributed by atoms with Crippen molar-refractivity contribution in [1.82, 2.24) is 4.98 Å². The summed E-state index contributed by atoms with van der Waals surface area (Å²) < 4.78 is 0. The molecule has 0 aliphatic heterocycles. The molecule has 2 aromatic rings. The second-order valence-electron chi connectivity index (χ2n) is 12.1. The van der Waals surface area contributed by atoms with Gasteiger partial charge in [-0.3, -0.25) is 0 Å². The highest BCUT2D eigenvalue weighted by Crippen LogP contribution is 2.66. The standard InChI is InChI=1S/C32H38N2S/c1-4-18-35-30-25(20-33)28(21-10-6-5-7-11-21)24-19-27-23-14-13-22-12-8-9-16-31(22,2)26(23)15-17-32(27,3)29(24)34-30/h4-7,10-11,22-23,26-27H,1,8-9,12-19H2,2-3H3/t22-,23+,26-,27+,31+,32+/m1/s1. The minimum absolute atomic E-state index is 0.120. The van der Waals surface area contributed by atoms with Gasteiger partial charge in [0.15, 0.2) is 0 Å². The largest absolute Gasteiger partial charge is 0.244 e. The molecule has 0 spiro atoms. The van der Waals surface area contributed by atoms with E-state index in [1.165, 1.54) is 68.2 Å². The van der Waals surface area contributed by atoms with Crippen LogP contribution in [0.2, 0.25) is 0 Å². The van der Waals surface area contributed by atoms with Gasteiger partial charge >= 0.3 is 0 Å². The summed E-state index contributed by atoms with van der Waals surface area (Å²) in [6, 6.07) is 13.2. The number of aromatic nitrogens is 1. The first-order chi connectivity index (χ1) is 17.0. The van der Waals surface area contributed by atoms with Crippen molar-refractivity contribution in [3.8, 4) is 17.2 Å². The van der Waals surface area contributed by atoms with E-state index in [2.05, 4.69) is 56.8 Å². The van der Waals surface area contributed by atoms with Crippen LogP contribution in [0.4, 0.5) is 0 Å². The molecule has 3 fully saturated rings. The highest BCUT2D eigenvalue weighted by Gasteiger charge is 2.59. The molecule has 6 rings (SSSR count). The number of rotatable bonds is 4. The maximum Gasteiger partial charge on any atom is 0.115 e. The molecule has 0 radical (unpaired) electrons. The molecular weight excluding hydrogens is 444 g/mol. The van der Waals surface area contributed by atoms with Gasteiger partial charge in [-0.2, -0.15) is 5.26 Å². The van der Waals surface area contributed by atoms with Crippen LogP contribution in [0, 0.1) is 40.4 Å². The van der Waals surface area contributed by atoms with Gasteiger partial charge in [-0.1, -0.05) is 63.1 Å². The van der Waals surface area contributed by atoms with E-state index in [4.69, 9.17) is 4.98 Å². The van der Waals surface area contributed by atoms with Crippen LogP contribution in [0.5, 0.6) is 0 Å². The monoisotopic (exact) mass is 482 g/mol. The first-order valence-corrected chi connectivity index (χ1v) is 14.8. The minimum Gasteiger partial charge on any atom is -0.244 e. The van der Waals surface area contributed by atoms with Crippen LogP contribution in [-0.4, -0.2) is 10.7 Å². The van der Waals surface area contributed by atoms with Gasteiger partial charge in [0, 0.05) is 16.7 Å². The van der Waals surface area contributed by atoms with Crippen molar-refractivity contribution in [2.45, 2.75) is 82.1 Å². The van der Waals surface area contributed by atoms with E-state index in [1.54, 1.807) is 11.8 Å². The average Bonchev–Trinajstić information content (AvgIpc) is 3.18. The van der Waals surface area contributed by atoms with Crippen LogP contribution in [0.3, 0.4) is 0 Å². The van der Waals surface area contributed by atoms with E-state index in [-0.39, 0.29) is 5.41 Å². The molecule has 4 aliphatic carbocycles. The fourth-order valence-electron chi connectivity index (χ4n) is 9.05. The minimum atomic E-state index is 0.120. The summed E-state index contributed by atoms with van der Waals surface area (Å²) in [7, 11) is 0. The summed E-state index contributed by atoms with van der Waals surface area (Å²) in [6.45, 7) is 9.09. The van der Waals surface area contributed by atoms with Crippen LogP contribution < -0.4 is 0 Å². The lowest BCUT2D eigenvalue weighted by molar-refractivity contribution is -0.0908. The molecule has 1 heterocycles. The van der Waals surface area contributed by atoms with Crippen molar-refractivity contribution in [1.29, 1.82) is 5.26 Å². The molecule has 0 amide bonds. The van der Waals surface area contributed by atoms with E-state index < -0.39 is 0 Å². The van der Waals surface area contributed by atoms with Crippen molar-refractivity contribution in [3.05, 3.63) is 59.8 Å². The van der Waals surface area contributed by atoms with Crippen LogP contribution >= 0.6 is 11.8 Å². The maximum absolute atomic E-state index is 10.3. The van der Waals surface area contributed by atoms with E-state index in [0.29, 0.717) is 11.3 Å². The summed E-state index contributed by atoms with van der Waals surface area (Å²) in [5.74, 6) is 4.02. The fourth-order valence-corrected chi connectivity index (χ4v) is 9.77. The molecule has 2 nitrogen and oxygen atoms in total. The lowest BCUT2D eigenvalue weighted by atomic mass is 9.45. The van der Waals surface area contributed by atoms with Crippen LogP contribution in [0.1, 0.15) is 82.0 Å². The molecule has 1 aromatic carbocycles. The first-order valence-electron chi connectivity index (χ1n) is 13.8. The molecule has 4 aliphatic rings. The number of hydrogen-bond acceptors (Lipinski definition) is 3. The van der Waals surface area contributed by atoms with Crippen LogP contribution in [0.25, 0.3) is 11.1 Å². The number of fused-ring (bicyclic) bond motifs is 7. The molecule has 1 aromatic heterocycles. The van der Waals surface area contributed by atoms with Crippen molar-refractivity contribution >= 4 is 11.8 Å². The van der Waals surface area contributed by atoms with E-state index in [9.17, 15) is 5.26 Å². The van der Waals surface area contributed by atoms with Crippen molar-refractivity contribution in [2.24, 2.45) is 29.1 Å². The Hall–Kier alpha value is -2.05. The molecule has 35 heavy (non-hydrogen) atoms. The second-order valence-corrected chi connectivity index (χ2v) is 13.1. The third-order valence-corrected chi connectivity index (χ3v) is 11.7. The van der Waals surface area contributed by atoms with Crippen LogP contribution in [0.15, 0.2) is 48.0 Å². The first kappa shape index (κ1) is 23.4. The predicted molar refractivity (Wildman–Crippen MR) is 145 cm³/mol. The lowest BCUT2D eigenvalue weighted by Gasteiger charge is -2.59. The molecule has 3 saturated carbocycles. The molecular formula is C32H38N2S. The third-order valence-electron chi connectivity index (χ3n) is 10.7. The Morgan fingerprint density at radius 3 is 2.69 bits per heavy atom. The highest BCUT2D eigenvalue weighted by atomic mass is 32.2. The quantitative estimate of drug-likeness (QED) is 0.324. The van der Waals surface area contributed by atoms with Gasteiger partial charge in [0.1, 0.15) is 11.1 Å². The fraction of sp³-hybridized carbons (Fsp3) is 0.562. The van der Waals surface area contributed by atoms with Gasteiger partial charge in [0.25, 0.3) is 0 Å². The highest BCUT2D eigenvalue weighted by molar-refractivity contribution is 7.99. The topological polar surface area (TPSA) is 36.7 Å². The van der Waals surface area contributed by atoms with Gasteiger partial charge < -0.3 is 0 Å². The zero-order chi connectivity index (χ0) is 24.2.